The Morgan fingerprint density at radius 1 is 1.44 bits per heavy atom. The summed E-state index contributed by atoms with van der Waals surface area (Å²) < 4.78 is 0. The highest BCUT2D eigenvalue weighted by Gasteiger charge is 2.27. The zero-order valence-electron chi connectivity index (χ0n) is 10.2. The smallest absolute Gasteiger partial charge is 0.191 e. The first-order chi connectivity index (χ1) is 7.65. The summed E-state index contributed by atoms with van der Waals surface area (Å²) in [6.07, 6.45) is 0. The molecule has 1 aliphatic heterocycles. The number of benzene rings is 1. The lowest BCUT2D eigenvalue weighted by Crippen LogP contribution is -2.36. The van der Waals surface area contributed by atoms with Gasteiger partial charge >= 0.3 is 0 Å². The van der Waals surface area contributed by atoms with Gasteiger partial charge in [0, 0.05) is 6.54 Å². The zero-order chi connectivity index (χ0) is 11.7. The van der Waals surface area contributed by atoms with E-state index in [4.69, 9.17) is 5.73 Å². The highest BCUT2D eigenvalue weighted by atomic mass is 15.3. The maximum atomic E-state index is 5.88. The molecule has 0 saturated carbocycles. The summed E-state index contributed by atoms with van der Waals surface area (Å²) in [4.78, 5) is 6.51. The van der Waals surface area contributed by atoms with Crippen LogP contribution in [-0.2, 0) is 0 Å². The number of hydrogen-bond donors (Lipinski definition) is 1. The Hall–Kier alpha value is -1.51. The summed E-state index contributed by atoms with van der Waals surface area (Å²) in [5.74, 6) is 0.674. The Labute approximate surface area is 97.0 Å². The topological polar surface area (TPSA) is 41.6 Å². The van der Waals surface area contributed by atoms with Gasteiger partial charge in [0.05, 0.1) is 12.6 Å². The molecule has 0 spiro atoms. The fraction of sp³-hybridized carbons (Fsp3) is 0.462. The second-order valence-electron chi connectivity index (χ2n) is 4.29. The number of aryl methyl sites for hydroxylation is 1. The van der Waals surface area contributed by atoms with Crippen molar-refractivity contribution >= 4 is 5.96 Å². The predicted octanol–water partition coefficient (Wildman–Crippen LogP) is 1.99. The fourth-order valence-electron chi connectivity index (χ4n) is 2.31. The highest BCUT2D eigenvalue weighted by molar-refractivity contribution is 5.80. The number of guanidine groups is 1. The van der Waals surface area contributed by atoms with E-state index in [9.17, 15) is 0 Å². The SMILES string of the molecule is CCN1C(N)=NCC1c1cccc(C)c1C. The van der Waals surface area contributed by atoms with E-state index in [1.54, 1.807) is 0 Å². The van der Waals surface area contributed by atoms with E-state index in [2.05, 4.69) is 48.9 Å². The molecular weight excluding hydrogens is 198 g/mol. The van der Waals surface area contributed by atoms with E-state index in [1.165, 1.54) is 16.7 Å². The lowest BCUT2D eigenvalue weighted by molar-refractivity contribution is 0.363. The average molecular weight is 217 g/mol. The van der Waals surface area contributed by atoms with Crippen molar-refractivity contribution in [3.05, 3.63) is 34.9 Å². The minimum atomic E-state index is 0.324. The molecule has 2 rings (SSSR count). The van der Waals surface area contributed by atoms with Crippen molar-refractivity contribution in [2.24, 2.45) is 10.7 Å². The summed E-state index contributed by atoms with van der Waals surface area (Å²) in [6, 6.07) is 6.77. The van der Waals surface area contributed by atoms with Gasteiger partial charge in [-0.1, -0.05) is 18.2 Å². The number of hydrogen-bond acceptors (Lipinski definition) is 3. The Kier molecular flexibility index (Phi) is 2.86. The van der Waals surface area contributed by atoms with Crippen LogP contribution < -0.4 is 5.73 Å². The molecule has 0 bridgehead atoms. The molecule has 86 valence electrons. The van der Waals surface area contributed by atoms with Gasteiger partial charge in [-0.25, -0.2) is 0 Å². The number of nitrogens with zero attached hydrogens (tertiary/aromatic N) is 2. The van der Waals surface area contributed by atoms with E-state index in [-0.39, 0.29) is 0 Å². The standard InChI is InChI=1S/C13H19N3/c1-4-16-12(8-15-13(16)14)11-7-5-6-9(2)10(11)3/h5-7,12H,4,8H2,1-3H3,(H2,14,15). The van der Waals surface area contributed by atoms with Gasteiger partial charge in [-0.05, 0) is 37.5 Å². The first-order valence-corrected chi connectivity index (χ1v) is 5.77. The van der Waals surface area contributed by atoms with Crippen LogP contribution in [0.2, 0.25) is 0 Å². The first kappa shape index (κ1) is 11.0. The summed E-state index contributed by atoms with van der Waals surface area (Å²) in [6.45, 7) is 8.13. The molecule has 2 N–H and O–H groups in total. The van der Waals surface area contributed by atoms with Crippen molar-refractivity contribution in [1.29, 1.82) is 0 Å². The molecule has 0 aromatic heterocycles. The maximum absolute atomic E-state index is 5.88. The normalized spacial score (nSPS) is 20.1. The van der Waals surface area contributed by atoms with Crippen LogP contribution in [0.15, 0.2) is 23.2 Å². The Bertz CT molecular complexity index is 423. The molecule has 1 atom stereocenters. The van der Waals surface area contributed by atoms with Crippen LogP contribution >= 0.6 is 0 Å². The molecule has 1 aromatic carbocycles. The van der Waals surface area contributed by atoms with Gasteiger partial charge in [0.15, 0.2) is 5.96 Å². The monoisotopic (exact) mass is 217 g/mol. The highest BCUT2D eigenvalue weighted by Crippen LogP contribution is 2.28. The number of nitrogens with two attached hydrogens (primary N) is 1. The van der Waals surface area contributed by atoms with Crippen LogP contribution in [0, 0.1) is 13.8 Å². The Morgan fingerprint density at radius 3 is 2.88 bits per heavy atom. The van der Waals surface area contributed by atoms with E-state index in [1.807, 2.05) is 0 Å². The fourth-order valence-corrected chi connectivity index (χ4v) is 2.31. The van der Waals surface area contributed by atoms with E-state index in [0.29, 0.717) is 12.0 Å². The van der Waals surface area contributed by atoms with Crippen LogP contribution in [0.5, 0.6) is 0 Å². The van der Waals surface area contributed by atoms with E-state index >= 15 is 0 Å². The third kappa shape index (κ3) is 1.66. The van der Waals surface area contributed by atoms with Gasteiger partial charge in [-0.2, -0.15) is 0 Å². The largest absolute Gasteiger partial charge is 0.370 e. The molecular formula is C13H19N3. The third-order valence-corrected chi connectivity index (χ3v) is 3.44. The summed E-state index contributed by atoms with van der Waals surface area (Å²) in [5, 5.41) is 0. The molecule has 3 nitrogen and oxygen atoms in total. The van der Waals surface area contributed by atoms with Crippen LogP contribution in [0.25, 0.3) is 0 Å². The molecule has 16 heavy (non-hydrogen) atoms. The van der Waals surface area contributed by atoms with E-state index in [0.717, 1.165) is 13.1 Å². The minimum Gasteiger partial charge on any atom is -0.370 e. The lowest BCUT2D eigenvalue weighted by atomic mass is 9.97. The second-order valence-corrected chi connectivity index (χ2v) is 4.29. The third-order valence-electron chi connectivity index (χ3n) is 3.44. The van der Waals surface area contributed by atoms with Crippen molar-refractivity contribution in [2.45, 2.75) is 26.8 Å². The van der Waals surface area contributed by atoms with Crippen molar-refractivity contribution in [3.8, 4) is 0 Å². The zero-order valence-corrected chi connectivity index (χ0v) is 10.2. The molecule has 0 radical (unpaired) electrons. The number of likely N-dealkylation sites (N-methyl/N-ethyl adjacent to an activating group) is 1. The molecule has 3 heteroatoms. The number of aliphatic imine (C=N–C) groups is 1. The summed E-state index contributed by atoms with van der Waals surface area (Å²) in [5.41, 5.74) is 9.92. The van der Waals surface area contributed by atoms with Crippen molar-refractivity contribution < 1.29 is 0 Å². The molecule has 0 saturated heterocycles. The molecule has 0 fully saturated rings. The van der Waals surface area contributed by atoms with E-state index < -0.39 is 0 Å². The van der Waals surface area contributed by atoms with Crippen molar-refractivity contribution in [2.75, 3.05) is 13.1 Å². The minimum absolute atomic E-state index is 0.324. The van der Waals surface area contributed by atoms with Gasteiger partial charge < -0.3 is 10.6 Å². The average Bonchev–Trinajstić information content (AvgIpc) is 2.63. The molecule has 0 aliphatic carbocycles. The van der Waals surface area contributed by atoms with Gasteiger partial charge in [-0.15, -0.1) is 0 Å². The molecule has 1 aliphatic rings. The molecule has 1 unspecified atom stereocenters. The van der Waals surface area contributed by atoms with Crippen LogP contribution in [-0.4, -0.2) is 23.9 Å². The van der Waals surface area contributed by atoms with Gasteiger partial charge in [0.25, 0.3) is 0 Å². The van der Waals surface area contributed by atoms with Crippen LogP contribution in [0.1, 0.15) is 29.7 Å². The Balaban J connectivity index is 2.36. The molecule has 1 heterocycles. The molecule has 0 amide bonds. The lowest BCUT2D eigenvalue weighted by Gasteiger charge is -2.26. The van der Waals surface area contributed by atoms with Gasteiger partial charge in [-0.3, -0.25) is 4.99 Å². The van der Waals surface area contributed by atoms with Crippen molar-refractivity contribution in [1.82, 2.24) is 4.90 Å². The van der Waals surface area contributed by atoms with Gasteiger partial charge in [0.2, 0.25) is 0 Å². The second kappa shape index (κ2) is 4.16. The summed E-state index contributed by atoms with van der Waals surface area (Å²) >= 11 is 0. The predicted molar refractivity (Wildman–Crippen MR) is 67.5 cm³/mol. The first-order valence-electron chi connectivity index (χ1n) is 5.77. The molecule has 1 aromatic rings. The van der Waals surface area contributed by atoms with Crippen LogP contribution in [0.3, 0.4) is 0 Å². The van der Waals surface area contributed by atoms with Crippen molar-refractivity contribution in [3.63, 3.8) is 0 Å². The Morgan fingerprint density at radius 2 is 2.19 bits per heavy atom. The quantitative estimate of drug-likeness (QED) is 0.823. The number of rotatable bonds is 2. The maximum Gasteiger partial charge on any atom is 0.191 e. The summed E-state index contributed by atoms with van der Waals surface area (Å²) in [7, 11) is 0. The van der Waals surface area contributed by atoms with Gasteiger partial charge in [0.1, 0.15) is 0 Å². The van der Waals surface area contributed by atoms with Crippen LogP contribution in [0.4, 0.5) is 0 Å².